The predicted octanol–water partition coefficient (Wildman–Crippen LogP) is 3.71. The van der Waals surface area contributed by atoms with Gasteiger partial charge in [-0.25, -0.2) is 4.79 Å². The number of hydrogen-bond donors (Lipinski definition) is 3. The number of carboxylic acid groups (broad SMARTS) is 1. The molecule has 2 aromatic rings. The Kier molecular flexibility index (Phi) is 3.51. The second-order valence-corrected chi connectivity index (χ2v) is 6.33. The molecule has 128 valence electrons. The van der Waals surface area contributed by atoms with Crippen LogP contribution in [0.2, 0.25) is 0 Å². The molecule has 0 saturated heterocycles. The van der Waals surface area contributed by atoms with Crippen LogP contribution in [0.3, 0.4) is 0 Å². The Balaban J connectivity index is 2.13. The van der Waals surface area contributed by atoms with E-state index in [2.05, 4.69) is 0 Å². The van der Waals surface area contributed by atoms with Crippen molar-refractivity contribution in [1.29, 1.82) is 5.41 Å². The zero-order chi connectivity index (χ0) is 18.4. The summed E-state index contributed by atoms with van der Waals surface area (Å²) in [6, 6.07) is 18.2. The van der Waals surface area contributed by atoms with Gasteiger partial charge in [0.2, 0.25) is 0 Å². The largest absolute Gasteiger partial charge is 0.478 e. The molecule has 0 bridgehead atoms. The number of nitrogens with two attached hydrogens (primary N) is 1. The molecule has 5 nitrogen and oxygen atoms in total. The molecule has 0 saturated carbocycles. The Labute approximate surface area is 149 Å². The molecule has 5 heteroatoms. The van der Waals surface area contributed by atoms with Crippen LogP contribution in [0.25, 0.3) is 33.3 Å². The Morgan fingerprint density at radius 1 is 1.00 bits per heavy atom. The molecular formula is C21H17N3O2. The minimum Gasteiger partial charge on any atom is -0.478 e. The lowest BCUT2D eigenvalue weighted by atomic mass is 9.95. The number of benzene rings is 3. The number of anilines is 1. The molecule has 1 aliphatic carbocycles. The third-order valence-electron chi connectivity index (χ3n) is 4.69. The molecule has 4 rings (SSSR count). The summed E-state index contributed by atoms with van der Waals surface area (Å²) in [6.07, 6.45) is 0. The highest BCUT2D eigenvalue weighted by molar-refractivity contribution is 6.05. The number of nitrogens with zero attached hydrogens (tertiary/aromatic N) is 1. The highest BCUT2D eigenvalue weighted by Gasteiger charge is 2.17. The topological polar surface area (TPSA) is 92.1 Å². The van der Waals surface area contributed by atoms with Gasteiger partial charge in [0.05, 0.1) is 22.3 Å². The molecule has 4 N–H and O–H groups in total. The van der Waals surface area contributed by atoms with Crippen LogP contribution in [-0.2, 0) is 7.05 Å². The Bertz CT molecular complexity index is 1190. The number of aromatic carboxylic acids is 1. The van der Waals surface area contributed by atoms with Gasteiger partial charge in [-0.05, 0) is 47.3 Å². The summed E-state index contributed by atoms with van der Waals surface area (Å²) in [7, 11) is 1.95. The van der Waals surface area contributed by atoms with Crippen molar-refractivity contribution in [2.75, 3.05) is 5.73 Å². The first-order valence-electron chi connectivity index (χ1n) is 8.16. The molecule has 2 aromatic carbocycles. The zero-order valence-electron chi connectivity index (χ0n) is 14.2. The third kappa shape index (κ3) is 2.41. The quantitative estimate of drug-likeness (QED) is 0.383. The standard InChI is InChI=1S/C21H17N3O2/c1-24-19-11-15(23)7-9-17(19)16-8-6-14(22)10-18(16)20(24)12-2-4-13(5-3-12)21(25)26/h2-11,23H,22H2,1H3,(H,25,26). The van der Waals surface area contributed by atoms with Crippen molar-refractivity contribution in [1.82, 2.24) is 4.57 Å². The fourth-order valence-corrected chi connectivity index (χ4v) is 3.45. The molecule has 0 spiro atoms. The number of pyridine rings is 1. The summed E-state index contributed by atoms with van der Waals surface area (Å²) >= 11 is 0. The molecule has 2 aliphatic rings. The number of aromatic nitrogens is 1. The van der Waals surface area contributed by atoms with Gasteiger partial charge in [-0.1, -0.05) is 24.3 Å². The van der Waals surface area contributed by atoms with Gasteiger partial charge < -0.3 is 20.8 Å². The predicted molar refractivity (Wildman–Crippen MR) is 102 cm³/mol. The van der Waals surface area contributed by atoms with E-state index in [0.29, 0.717) is 11.0 Å². The molecule has 0 unspecified atom stereocenters. The first kappa shape index (κ1) is 15.9. The van der Waals surface area contributed by atoms with Crippen molar-refractivity contribution in [3.63, 3.8) is 0 Å². The minimum absolute atomic E-state index is 0.245. The first-order chi connectivity index (χ1) is 12.5. The van der Waals surface area contributed by atoms with Crippen molar-refractivity contribution in [2.45, 2.75) is 0 Å². The molecule has 0 atom stereocenters. The average molecular weight is 343 g/mol. The molecule has 0 amide bonds. The zero-order valence-corrected chi connectivity index (χ0v) is 14.2. The van der Waals surface area contributed by atoms with E-state index in [1.807, 2.05) is 41.9 Å². The van der Waals surface area contributed by atoms with Crippen LogP contribution in [0.15, 0.2) is 60.7 Å². The van der Waals surface area contributed by atoms with Crippen LogP contribution < -0.4 is 11.1 Å². The van der Waals surface area contributed by atoms with Crippen LogP contribution in [0.4, 0.5) is 5.69 Å². The number of nitrogens with one attached hydrogen (secondary N) is 1. The molecule has 1 aliphatic heterocycles. The number of hydrogen-bond acceptors (Lipinski definition) is 3. The van der Waals surface area contributed by atoms with Crippen LogP contribution >= 0.6 is 0 Å². The highest BCUT2D eigenvalue weighted by atomic mass is 16.4. The van der Waals surface area contributed by atoms with Gasteiger partial charge in [0.1, 0.15) is 0 Å². The Morgan fingerprint density at radius 2 is 1.73 bits per heavy atom. The summed E-state index contributed by atoms with van der Waals surface area (Å²) < 4.78 is 2.03. The van der Waals surface area contributed by atoms with Crippen LogP contribution in [0.1, 0.15) is 10.4 Å². The van der Waals surface area contributed by atoms with E-state index >= 15 is 0 Å². The van der Waals surface area contributed by atoms with Crippen LogP contribution in [0.5, 0.6) is 0 Å². The van der Waals surface area contributed by atoms with Crippen molar-refractivity contribution in [2.24, 2.45) is 7.05 Å². The van der Waals surface area contributed by atoms with E-state index in [1.54, 1.807) is 30.3 Å². The first-order valence-corrected chi connectivity index (χ1v) is 8.16. The fraction of sp³-hybridized carbons (Fsp3) is 0.0476. The van der Waals surface area contributed by atoms with Gasteiger partial charge in [-0.3, -0.25) is 0 Å². The second kappa shape index (κ2) is 5.74. The van der Waals surface area contributed by atoms with Crippen LogP contribution in [-0.4, -0.2) is 15.6 Å². The fourth-order valence-electron chi connectivity index (χ4n) is 3.45. The normalized spacial score (nSPS) is 11.1. The molecule has 0 fully saturated rings. The molecular weight excluding hydrogens is 326 g/mol. The van der Waals surface area contributed by atoms with Gasteiger partial charge in [-0.2, -0.15) is 0 Å². The molecule has 1 heterocycles. The minimum atomic E-state index is -0.951. The Hall–Kier alpha value is -3.60. The summed E-state index contributed by atoms with van der Waals surface area (Å²) in [4.78, 5) is 11.1. The molecule has 26 heavy (non-hydrogen) atoms. The van der Waals surface area contributed by atoms with Gasteiger partial charge >= 0.3 is 5.97 Å². The Morgan fingerprint density at radius 3 is 2.42 bits per heavy atom. The smallest absolute Gasteiger partial charge is 0.335 e. The van der Waals surface area contributed by atoms with Crippen molar-refractivity contribution >= 4 is 22.4 Å². The van der Waals surface area contributed by atoms with E-state index in [0.717, 1.165) is 33.3 Å². The van der Waals surface area contributed by atoms with E-state index in [9.17, 15) is 4.79 Å². The SMILES string of the molecule is Cn1c2cc(=N)ccc-2c2ccc(N)cc2c1-c1ccc(C(=O)O)cc1. The maximum Gasteiger partial charge on any atom is 0.335 e. The monoisotopic (exact) mass is 343 g/mol. The van der Waals surface area contributed by atoms with E-state index in [4.69, 9.17) is 16.2 Å². The summed E-state index contributed by atoms with van der Waals surface area (Å²) in [5.41, 5.74) is 10.8. The lowest BCUT2D eigenvalue weighted by Gasteiger charge is -2.21. The van der Waals surface area contributed by atoms with Gasteiger partial charge in [-0.15, -0.1) is 0 Å². The molecule has 0 aromatic heterocycles. The number of fused-ring (bicyclic) bond motifs is 3. The van der Waals surface area contributed by atoms with Crippen molar-refractivity contribution < 1.29 is 9.90 Å². The lowest BCUT2D eigenvalue weighted by Crippen LogP contribution is -2.09. The van der Waals surface area contributed by atoms with E-state index in [1.165, 1.54) is 0 Å². The number of carboxylic acids is 1. The van der Waals surface area contributed by atoms with Gasteiger partial charge in [0.25, 0.3) is 0 Å². The third-order valence-corrected chi connectivity index (χ3v) is 4.69. The van der Waals surface area contributed by atoms with Gasteiger partial charge in [0, 0.05) is 23.7 Å². The molecule has 0 radical (unpaired) electrons. The average Bonchev–Trinajstić information content (AvgIpc) is 2.62. The van der Waals surface area contributed by atoms with Crippen LogP contribution in [0, 0.1) is 5.41 Å². The summed E-state index contributed by atoms with van der Waals surface area (Å²) in [5.74, 6) is -0.951. The maximum atomic E-state index is 11.1. The van der Waals surface area contributed by atoms with Crippen molar-refractivity contribution in [3.05, 3.63) is 71.6 Å². The number of rotatable bonds is 2. The summed E-state index contributed by atoms with van der Waals surface area (Å²) in [5, 5.41) is 19.6. The maximum absolute atomic E-state index is 11.1. The lowest BCUT2D eigenvalue weighted by molar-refractivity contribution is 0.0697. The van der Waals surface area contributed by atoms with E-state index in [-0.39, 0.29) is 5.56 Å². The number of carbonyl (C=O) groups is 1. The highest BCUT2D eigenvalue weighted by Crippen LogP contribution is 2.38. The number of nitrogen functional groups attached to an aromatic ring is 1. The second-order valence-electron chi connectivity index (χ2n) is 6.33. The summed E-state index contributed by atoms with van der Waals surface area (Å²) in [6.45, 7) is 0. The van der Waals surface area contributed by atoms with Gasteiger partial charge in [0.15, 0.2) is 0 Å². The van der Waals surface area contributed by atoms with E-state index < -0.39 is 5.97 Å². The van der Waals surface area contributed by atoms with Crippen molar-refractivity contribution in [3.8, 4) is 22.5 Å².